The van der Waals surface area contributed by atoms with Crippen LogP contribution >= 0.6 is 12.6 Å². The van der Waals surface area contributed by atoms with Gasteiger partial charge in [-0.3, -0.25) is 0 Å². The van der Waals surface area contributed by atoms with E-state index in [0.717, 1.165) is 19.2 Å². The zero-order valence-electron chi connectivity index (χ0n) is 7.24. The van der Waals surface area contributed by atoms with Crippen LogP contribution in [0.4, 0.5) is 4.39 Å². The van der Waals surface area contributed by atoms with E-state index in [1.165, 1.54) is 0 Å². The molecule has 0 saturated carbocycles. The summed E-state index contributed by atoms with van der Waals surface area (Å²) >= 11 is 3.88. The fourth-order valence-electron chi connectivity index (χ4n) is 0.919. The first-order valence-corrected chi connectivity index (χ1v) is 4.05. The van der Waals surface area contributed by atoms with E-state index in [-0.39, 0.29) is 16.0 Å². The van der Waals surface area contributed by atoms with Gasteiger partial charge in [0, 0.05) is 4.90 Å². The van der Waals surface area contributed by atoms with Crippen LogP contribution in [0, 0.1) is 17.1 Å². The number of hydrogen-bond acceptors (Lipinski definition) is 4. The molecule has 0 spiro atoms. The smallest absolute Gasteiger partial charge is 0.340 e. The zero-order chi connectivity index (χ0) is 10.7. The summed E-state index contributed by atoms with van der Waals surface area (Å²) in [5.74, 6) is -1.56. The third-order valence-electron chi connectivity index (χ3n) is 1.61. The largest absolute Gasteiger partial charge is 0.465 e. The van der Waals surface area contributed by atoms with Crippen molar-refractivity contribution in [2.75, 3.05) is 7.11 Å². The van der Waals surface area contributed by atoms with Crippen molar-refractivity contribution in [2.45, 2.75) is 4.90 Å². The van der Waals surface area contributed by atoms with E-state index in [9.17, 15) is 9.18 Å². The van der Waals surface area contributed by atoms with E-state index in [1.807, 2.05) is 0 Å². The standard InChI is InChI=1S/C9H6FNO2S/c1-13-9(12)6-2-5(4-11)8(14)3-7(6)10/h2-3,14H,1H3. The van der Waals surface area contributed by atoms with Crippen LogP contribution in [-0.4, -0.2) is 13.1 Å². The third kappa shape index (κ3) is 1.86. The summed E-state index contributed by atoms with van der Waals surface area (Å²) in [7, 11) is 1.14. The van der Waals surface area contributed by atoms with Gasteiger partial charge in [-0.15, -0.1) is 12.6 Å². The molecule has 72 valence electrons. The van der Waals surface area contributed by atoms with Crippen molar-refractivity contribution >= 4 is 18.6 Å². The first-order valence-electron chi connectivity index (χ1n) is 3.61. The number of methoxy groups -OCH3 is 1. The van der Waals surface area contributed by atoms with Crippen molar-refractivity contribution in [3.8, 4) is 6.07 Å². The first-order chi connectivity index (χ1) is 6.60. The quantitative estimate of drug-likeness (QED) is 0.569. The Kier molecular flexibility index (Phi) is 3.10. The van der Waals surface area contributed by atoms with Gasteiger partial charge in [0.2, 0.25) is 0 Å². The second kappa shape index (κ2) is 4.11. The number of carbonyl (C=O) groups is 1. The minimum Gasteiger partial charge on any atom is -0.465 e. The molecule has 0 unspecified atom stereocenters. The van der Waals surface area contributed by atoms with E-state index in [4.69, 9.17) is 5.26 Å². The SMILES string of the molecule is COC(=O)c1cc(C#N)c(S)cc1F. The van der Waals surface area contributed by atoms with Gasteiger partial charge in [-0.2, -0.15) is 5.26 Å². The van der Waals surface area contributed by atoms with Crippen molar-refractivity contribution in [1.82, 2.24) is 0 Å². The Morgan fingerprint density at radius 1 is 1.64 bits per heavy atom. The van der Waals surface area contributed by atoms with Gasteiger partial charge >= 0.3 is 5.97 Å². The number of nitriles is 1. The van der Waals surface area contributed by atoms with Gasteiger partial charge in [0.05, 0.1) is 18.2 Å². The number of rotatable bonds is 1. The number of esters is 1. The molecular weight excluding hydrogens is 205 g/mol. The van der Waals surface area contributed by atoms with Crippen LogP contribution in [0.5, 0.6) is 0 Å². The summed E-state index contributed by atoms with van der Waals surface area (Å²) in [6.45, 7) is 0. The molecule has 0 fully saturated rings. The minimum atomic E-state index is -0.813. The number of benzene rings is 1. The highest BCUT2D eigenvalue weighted by atomic mass is 32.1. The highest BCUT2D eigenvalue weighted by molar-refractivity contribution is 7.80. The van der Waals surface area contributed by atoms with Crippen molar-refractivity contribution < 1.29 is 13.9 Å². The number of thiol groups is 1. The van der Waals surface area contributed by atoms with E-state index >= 15 is 0 Å². The summed E-state index contributed by atoms with van der Waals surface area (Å²) in [6, 6.07) is 3.91. The lowest BCUT2D eigenvalue weighted by molar-refractivity contribution is 0.0595. The molecule has 0 aromatic heterocycles. The molecule has 0 radical (unpaired) electrons. The summed E-state index contributed by atoms with van der Waals surface area (Å²) in [4.78, 5) is 11.2. The van der Waals surface area contributed by atoms with Gasteiger partial charge in [0.25, 0.3) is 0 Å². The average Bonchev–Trinajstić information content (AvgIpc) is 2.17. The zero-order valence-corrected chi connectivity index (χ0v) is 8.14. The molecule has 14 heavy (non-hydrogen) atoms. The molecule has 1 aromatic carbocycles. The predicted molar refractivity (Wildman–Crippen MR) is 49.7 cm³/mol. The first kappa shape index (κ1) is 10.5. The molecule has 5 heteroatoms. The Morgan fingerprint density at radius 3 is 2.79 bits per heavy atom. The molecule has 0 atom stereocenters. The molecule has 0 aliphatic heterocycles. The maximum atomic E-state index is 13.1. The molecule has 0 saturated heterocycles. The van der Waals surface area contributed by atoms with Gasteiger partial charge in [-0.25, -0.2) is 9.18 Å². The Morgan fingerprint density at radius 2 is 2.29 bits per heavy atom. The maximum Gasteiger partial charge on any atom is 0.340 e. The summed E-state index contributed by atoms with van der Waals surface area (Å²) < 4.78 is 17.5. The number of hydrogen-bond donors (Lipinski definition) is 1. The van der Waals surface area contributed by atoms with E-state index < -0.39 is 11.8 Å². The molecule has 3 nitrogen and oxygen atoms in total. The van der Waals surface area contributed by atoms with Crippen molar-refractivity contribution in [2.24, 2.45) is 0 Å². The predicted octanol–water partition coefficient (Wildman–Crippen LogP) is 1.77. The van der Waals surface area contributed by atoms with Crippen LogP contribution in [0.25, 0.3) is 0 Å². The van der Waals surface area contributed by atoms with Crippen LogP contribution < -0.4 is 0 Å². The molecular formula is C9H6FNO2S. The van der Waals surface area contributed by atoms with Crippen molar-refractivity contribution in [1.29, 1.82) is 5.26 Å². The topological polar surface area (TPSA) is 50.1 Å². The average molecular weight is 211 g/mol. The van der Waals surface area contributed by atoms with Crippen LogP contribution in [-0.2, 0) is 4.74 Å². The molecule has 0 aliphatic rings. The molecule has 0 aliphatic carbocycles. The Balaban J connectivity index is 3.33. The summed E-state index contributed by atoms with van der Waals surface area (Å²) in [5, 5.41) is 8.61. The number of halogens is 1. The molecule has 0 bridgehead atoms. The maximum absolute atomic E-state index is 13.1. The van der Waals surface area contributed by atoms with Crippen LogP contribution in [0.3, 0.4) is 0 Å². The molecule has 1 aromatic rings. The van der Waals surface area contributed by atoms with Gasteiger partial charge in [0.15, 0.2) is 0 Å². The molecule has 0 N–H and O–H groups in total. The normalized spacial score (nSPS) is 9.29. The van der Waals surface area contributed by atoms with E-state index in [2.05, 4.69) is 17.4 Å². The fraction of sp³-hybridized carbons (Fsp3) is 0.111. The summed E-state index contributed by atoms with van der Waals surface area (Å²) in [6.07, 6.45) is 0. The second-order valence-corrected chi connectivity index (χ2v) is 2.93. The monoisotopic (exact) mass is 211 g/mol. The lowest BCUT2D eigenvalue weighted by atomic mass is 10.1. The van der Waals surface area contributed by atoms with Crippen LogP contribution in [0.1, 0.15) is 15.9 Å². The summed E-state index contributed by atoms with van der Waals surface area (Å²) in [5.41, 5.74) is -0.128. The third-order valence-corrected chi connectivity index (χ3v) is 1.98. The Hall–Kier alpha value is -1.54. The van der Waals surface area contributed by atoms with Crippen LogP contribution in [0.2, 0.25) is 0 Å². The number of carbonyl (C=O) groups excluding carboxylic acids is 1. The minimum absolute atomic E-state index is 0.134. The molecule has 1 rings (SSSR count). The lowest BCUT2D eigenvalue weighted by Gasteiger charge is -2.02. The van der Waals surface area contributed by atoms with Gasteiger partial charge < -0.3 is 4.74 Å². The highest BCUT2D eigenvalue weighted by Crippen LogP contribution is 2.19. The second-order valence-electron chi connectivity index (χ2n) is 2.45. The van der Waals surface area contributed by atoms with Crippen molar-refractivity contribution in [3.05, 3.63) is 29.1 Å². The van der Waals surface area contributed by atoms with E-state index in [0.29, 0.717) is 0 Å². The number of ether oxygens (including phenoxy) is 1. The fourth-order valence-corrected chi connectivity index (χ4v) is 1.15. The lowest BCUT2D eigenvalue weighted by Crippen LogP contribution is -2.05. The van der Waals surface area contributed by atoms with Crippen molar-refractivity contribution in [3.63, 3.8) is 0 Å². The van der Waals surface area contributed by atoms with Gasteiger partial charge in [-0.1, -0.05) is 0 Å². The Bertz CT molecular complexity index is 426. The molecule has 0 amide bonds. The highest BCUT2D eigenvalue weighted by Gasteiger charge is 2.14. The van der Waals surface area contributed by atoms with E-state index in [1.54, 1.807) is 6.07 Å². The number of nitrogens with zero attached hydrogens (tertiary/aromatic N) is 1. The Labute approximate surface area is 85.5 Å². The van der Waals surface area contributed by atoms with Gasteiger partial charge in [0.1, 0.15) is 11.9 Å². The van der Waals surface area contributed by atoms with Gasteiger partial charge in [-0.05, 0) is 12.1 Å². The van der Waals surface area contributed by atoms with Crippen LogP contribution in [0.15, 0.2) is 17.0 Å². The molecule has 0 heterocycles.